The first-order valence-corrected chi connectivity index (χ1v) is 15.8. The molecule has 0 amide bonds. The van der Waals surface area contributed by atoms with Crippen LogP contribution in [0.1, 0.15) is 39.3 Å². The summed E-state index contributed by atoms with van der Waals surface area (Å²) in [5.41, 5.74) is 2.36. The van der Waals surface area contributed by atoms with E-state index in [-0.39, 0.29) is 11.6 Å². The summed E-state index contributed by atoms with van der Waals surface area (Å²) in [6, 6.07) is 15.3. The van der Waals surface area contributed by atoms with Crippen LogP contribution in [0.15, 0.2) is 48.5 Å². The van der Waals surface area contributed by atoms with Gasteiger partial charge in [-0.25, -0.2) is 0 Å². The molecule has 1 fully saturated rings. The van der Waals surface area contributed by atoms with Gasteiger partial charge in [0.05, 0.1) is 37.6 Å². The van der Waals surface area contributed by atoms with Crippen molar-refractivity contribution in [1.29, 1.82) is 0 Å². The fourth-order valence-corrected chi connectivity index (χ4v) is 6.18. The van der Waals surface area contributed by atoms with Crippen molar-refractivity contribution in [2.75, 3.05) is 69.9 Å². The molecule has 7 nitrogen and oxygen atoms in total. The number of halogens is 3. The maximum Gasteiger partial charge on any atom is 0.406 e. The predicted octanol–water partition coefficient (Wildman–Crippen LogP) is 6.41. The van der Waals surface area contributed by atoms with Crippen LogP contribution in [0, 0.1) is 17.8 Å². The molecule has 3 aromatic rings. The highest BCUT2D eigenvalue weighted by atomic mass is 19.4. The molecule has 2 unspecified atom stereocenters. The van der Waals surface area contributed by atoms with Gasteiger partial charge in [-0.05, 0) is 102 Å². The fraction of sp³-hybridized carbons (Fsp3) is 0.543. The number of fused-ring (bicyclic) bond motifs is 12. The lowest BCUT2D eigenvalue weighted by Crippen LogP contribution is -2.45. The molecule has 0 saturated carbocycles. The summed E-state index contributed by atoms with van der Waals surface area (Å²) in [6.07, 6.45) is -2.59. The minimum atomic E-state index is -4.39. The Bertz CT molecular complexity index is 1470. The Morgan fingerprint density at radius 3 is 2.40 bits per heavy atom. The van der Waals surface area contributed by atoms with E-state index < -0.39 is 12.7 Å². The van der Waals surface area contributed by atoms with Gasteiger partial charge in [-0.1, -0.05) is 12.0 Å². The lowest BCUT2D eigenvalue weighted by atomic mass is 9.89. The van der Waals surface area contributed by atoms with Gasteiger partial charge in [-0.15, -0.1) is 0 Å². The molecule has 0 aliphatic carbocycles. The number of aromatic nitrogens is 1. The summed E-state index contributed by atoms with van der Waals surface area (Å²) in [6.45, 7) is 9.88. The molecular weight excluding hydrogens is 581 g/mol. The predicted molar refractivity (Wildman–Crippen MR) is 173 cm³/mol. The number of piperidine rings is 1. The Kier molecular flexibility index (Phi) is 10.5. The molecule has 1 saturated heterocycles. The van der Waals surface area contributed by atoms with Gasteiger partial charge >= 0.3 is 6.18 Å². The lowest BCUT2D eigenvalue weighted by molar-refractivity contribution is -0.140. The van der Waals surface area contributed by atoms with E-state index in [9.17, 15) is 13.2 Å². The number of benzene rings is 2. The molecule has 1 aromatic heterocycles. The molecule has 0 radical (unpaired) electrons. The molecule has 0 spiro atoms. The standard InChI is InChI=1S/C35H45F3N4O3/c1-34(2,3)42-16-6-7-28-23-30-32(8-5-9-33(30)41(28)25-35(36,37)38)39-31-14-17-40(4)24-26(31)15-18-43-19-20-44-21-22-45-29-12-10-27(42)11-13-29/h5,8-13,23,26,31,39H,14-22,24-25H2,1-4H3. The number of anilines is 2. The third-order valence-electron chi connectivity index (χ3n) is 8.47. The van der Waals surface area contributed by atoms with E-state index in [1.54, 1.807) is 12.1 Å². The minimum Gasteiger partial charge on any atom is -0.491 e. The zero-order valence-electron chi connectivity index (χ0n) is 26.8. The summed E-state index contributed by atoms with van der Waals surface area (Å²) in [4.78, 5) is 4.46. The number of nitrogens with zero attached hydrogens (tertiary/aromatic N) is 3. The zero-order valence-corrected chi connectivity index (χ0v) is 26.8. The average molecular weight is 627 g/mol. The molecule has 3 aliphatic rings. The molecule has 4 heterocycles. The second-order valence-electron chi connectivity index (χ2n) is 12.9. The highest BCUT2D eigenvalue weighted by Crippen LogP contribution is 2.33. The van der Waals surface area contributed by atoms with Crippen molar-refractivity contribution < 1.29 is 27.4 Å². The van der Waals surface area contributed by atoms with Crippen molar-refractivity contribution in [2.24, 2.45) is 5.92 Å². The maximum atomic E-state index is 13.9. The van der Waals surface area contributed by atoms with Crippen LogP contribution in [-0.2, 0) is 16.0 Å². The topological polar surface area (TPSA) is 51.1 Å². The first-order chi connectivity index (χ1) is 21.5. The number of nitrogens with one attached hydrogen (secondary N) is 1. The lowest BCUT2D eigenvalue weighted by Gasteiger charge is -2.38. The van der Waals surface area contributed by atoms with Crippen LogP contribution in [0.25, 0.3) is 10.9 Å². The number of likely N-dealkylation sites (tertiary alicyclic amines) is 1. The Balaban J connectivity index is 1.51. The monoisotopic (exact) mass is 626 g/mol. The maximum absolute atomic E-state index is 13.9. The summed E-state index contributed by atoms with van der Waals surface area (Å²) in [5, 5.41) is 4.46. The van der Waals surface area contributed by atoms with Crippen LogP contribution >= 0.6 is 0 Å². The number of hydrogen-bond donors (Lipinski definition) is 1. The molecule has 1 N–H and O–H groups in total. The molecule has 45 heavy (non-hydrogen) atoms. The van der Waals surface area contributed by atoms with Gasteiger partial charge in [-0.2, -0.15) is 13.2 Å². The van der Waals surface area contributed by atoms with Gasteiger partial charge in [-0.3, -0.25) is 0 Å². The van der Waals surface area contributed by atoms with Gasteiger partial charge in [0, 0.05) is 41.5 Å². The molecule has 2 atom stereocenters. The number of hydrogen-bond acceptors (Lipinski definition) is 6. The van der Waals surface area contributed by atoms with Gasteiger partial charge in [0.15, 0.2) is 0 Å². The number of rotatable bonds is 1. The number of ether oxygens (including phenoxy) is 3. The SMILES string of the molecule is CN1CCC2Nc3cccc4c3cc(n4CC(F)(F)F)C#CCN(C(C)(C)C)c3ccc(cc3)OCCOCCOCCC2C1. The molecule has 244 valence electrons. The summed E-state index contributed by atoms with van der Waals surface area (Å²) in [7, 11) is 2.12. The molecule has 2 aromatic carbocycles. The van der Waals surface area contributed by atoms with E-state index in [0.29, 0.717) is 56.7 Å². The summed E-state index contributed by atoms with van der Waals surface area (Å²) in [5.74, 6) is 7.36. The van der Waals surface area contributed by atoms with Crippen LogP contribution in [0.3, 0.4) is 0 Å². The largest absolute Gasteiger partial charge is 0.491 e. The van der Waals surface area contributed by atoms with E-state index in [1.807, 2.05) is 36.4 Å². The van der Waals surface area contributed by atoms with Crippen LogP contribution in [0.5, 0.6) is 5.75 Å². The van der Waals surface area contributed by atoms with Gasteiger partial charge in [0.1, 0.15) is 18.9 Å². The second kappa shape index (κ2) is 14.4. The minimum absolute atomic E-state index is 0.168. The number of alkyl halides is 3. The van der Waals surface area contributed by atoms with Crippen molar-refractivity contribution in [2.45, 2.75) is 57.9 Å². The first kappa shape index (κ1) is 33.0. The molecular formula is C35H45F3N4O3. The smallest absolute Gasteiger partial charge is 0.406 e. The highest BCUT2D eigenvalue weighted by Gasteiger charge is 2.31. The third kappa shape index (κ3) is 8.87. The van der Waals surface area contributed by atoms with Crippen molar-refractivity contribution >= 4 is 22.3 Å². The fourth-order valence-electron chi connectivity index (χ4n) is 6.18. The Labute approximate surface area is 264 Å². The Morgan fingerprint density at radius 1 is 0.933 bits per heavy atom. The molecule has 10 heteroatoms. The molecule has 3 aliphatic heterocycles. The Hall–Kier alpha value is -3.39. The Morgan fingerprint density at radius 2 is 1.67 bits per heavy atom. The average Bonchev–Trinajstić information content (AvgIpc) is 3.31. The van der Waals surface area contributed by atoms with Crippen molar-refractivity contribution in [1.82, 2.24) is 9.47 Å². The van der Waals surface area contributed by atoms with Gasteiger partial charge in [0.2, 0.25) is 0 Å². The van der Waals surface area contributed by atoms with Crippen LogP contribution in [0.2, 0.25) is 0 Å². The molecule has 4 bridgehead atoms. The van der Waals surface area contributed by atoms with Gasteiger partial charge < -0.3 is 33.9 Å². The quantitative estimate of drug-likeness (QED) is 0.249. The van der Waals surface area contributed by atoms with Crippen LogP contribution in [0.4, 0.5) is 24.5 Å². The van der Waals surface area contributed by atoms with E-state index in [0.717, 1.165) is 48.4 Å². The summed E-state index contributed by atoms with van der Waals surface area (Å²) >= 11 is 0. The van der Waals surface area contributed by atoms with Crippen molar-refractivity contribution in [3.05, 3.63) is 54.2 Å². The summed E-state index contributed by atoms with van der Waals surface area (Å²) < 4.78 is 60.3. The molecule has 6 rings (SSSR count). The van der Waals surface area contributed by atoms with Crippen molar-refractivity contribution in [3.8, 4) is 17.6 Å². The van der Waals surface area contributed by atoms with Crippen molar-refractivity contribution in [3.63, 3.8) is 0 Å². The van der Waals surface area contributed by atoms with Gasteiger partial charge in [0.25, 0.3) is 0 Å². The van der Waals surface area contributed by atoms with E-state index in [1.165, 1.54) is 4.57 Å². The third-order valence-corrected chi connectivity index (χ3v) is 8.47. The van der Waals surface area contributed by atoms with Crippen LogP contribution in [-0.4, -0.2) is 86.9 Å². The van der Waals surface area contributed by atoms with E-state index >= 15 is 0 Å². The second-order valence-corrected chi connectivity index (χ2v) is 12.9. The van der Waals surface area contributed by atoms with E-state index in [2.05, 4.69) is 54.8 Å². The van der Waals surface area contributed by atoms with E-state index in [4.69, 9.17) is 14.2 Å². The highest BCUT2D eigenvalue weighted by molar-refractivity contribution is 5.94. The zero-order chi connectivity index (χ0) is 32.0. The van der Waals surface area contributed by atoms with Crippen LogP contribution < -0.4 is 15.0 Å². The normalized spacial score (nSPS) is 21.4. The first-order valence-electron chi connectivity index (χ1n) is 15.8.